The highest BCUT2D eigenvalue weighted by Gasteiger charge is 2.36. The fraction of sp³-hybridized carbons (Fsp3) is 0.833. The zero-order valence-electron chi connectivity index (χ0n) is 11.1. The number of nitrogens with one attached hydrogen (secondary N) is 2. The van der Waals surface area contributed by atoms with Gasteiger partial charge in [0.25, 0.3) is 0 Å². The Balaban J connectivity index is 2.36. The van der Waals surface area contributed by atoms with Gasteiger partial charge in [-0.1, -0.05) is 13.8 Å². The molecule has 0 aromatic rings. The van der Waals surface area contributed by atoms with Crippen LogP contribution in [0.15, 0.2) is 0 Å². The molecule has 18 heavy (non-hydrogen) atoms. The predicted molar refractivity (Wildman–Crippen MR) is 67.9 cm³/mol. The molecular formula is C12H23N3O3. The normalized spacial score (nSPS) is 20.2. The van der Waals surface area contributed by atoms with Gasteiger partial charge in [0.1, 0.15) is 6.61 Å². The van der Waals surface area contributed by atoms with Crippen LogP contribution in [0, 0.1) is 11.3 Å². The third kappa shape index (κ3) is 4.18. The molecule has 0 aromatic carbocycles. The van der Waals surface area contributed by atoms with E-state index in [0.717, 1.165) is 25.9 Å². The van der Waals surface area contributed by atoms with Gasteiger partial charge in [-0.25, -0.2) is 4.79 Å². The van der Waals surface area contributed by atoms with E-state index in [1.54, 1.807) is 0 Å². The quantitative estimate of drug-likeness (QED) is 0.614. The zero-order valence-corrected chi connectivity index (χ0v) is 11.1. The summed E-state index contributed by atoms with van der Waals surface area (Å²) >= 11 is 0. The van der Waals surface area contributed by atoms with Crippen LogP contribution < -0.4 is 16.4 Å². The van der Waals surface area contributed by atoms with Crippen molar-refractivity contribution in [2.45, 2.75) is 26.7 Å². The Bertz CT molecular complexity index is 299. The van der Waals surface area contributed by atoms with E-state index in [4.69, 9.17) is 5.73 Å². The highest BCUT2D eigenvalue weighted by Crippen LogP contribution is 2.31. The largest absolute Gasteiger partial charge is 0.448 e. The maximum atomic E-state index is 12.1. The maximum absolute atomic E-state index is 12.1. The first-order valence-electron chi connectivity index (χ1n) is 6.36. The van der Waals surface area contributed by atoms with E-state index in [1.807, 2.05) is 13.8 Å². The number of rotatable bonds is 5. The minimum atomic E-state index is -0.819. The second-order valence-electron chi connectivity index (χ2n) is 5.19. The van der Waals surface area contributed by atoms with E-state index in [1.165, 1.54) is 0 Å². The molecule has 0 aromatic heterocycles. The number of primary amides is 1. The van der Waals surface area contributed by atoms with Crippen LogP contribution in [0.2, 0.25) is 0 Å². The number of nitrogens with two attached hydrogens (primary N) is 1. The average molecular weight is 257 g/mol. The van der Waals surface area contributed by atoms with Crippen molar-refractivity contribution in [1.29, 1.82) is 0 Å². The molecule has 6 heteroatoms. The molecule has 4 N–H and O–H groups in total. The van der Waals surface area contributed by atoms with Crippen molar-refractivity contribution in [3.63, 3.8) is 0 Å². The van der Waals surface area contributed by atoms with E-state index >= 15 is 0 Å². The van der Waals surface area contributed by atoms with Crippen molar-refractivity contribution in [2.75, 3.05) is 26.2 Å². The predicted octanol–water partition coefficient (Wildman–Crippen LogP) is 0.224. The standard InChI is InChI=1S/C12H23N3O3/c1-12(2,9-4-3-5-14-8-9)10(16)15-6-7-18-11(13)17/h9,14H,3-8H2,1-2H3,(H2,13,17)(H,15,16). The summed E-state index contributed by atoms with van der Waals surface area (Å²) in [5, 5.41) is 6.09. The minimum absolute atomic E-state index is 0.00993. The molecule has 6 nitrogen and oxygen atoms in total. The number of carbonyl (C=O) groups is 2. The Morgan fingerprint density at radius 3 is 2.78 bits per heavy atom. The number of piperidine rings is 1. The molecule has 0 radical (unpaired) electrons. The lowest BCUT2D eigenvalue weighted by atomic mass is 9.74. The fourth-order valence-electron chi connectivity index (χ4n) is 2.20. The van der Waals surface area contributed by atoms with Crippen LogP contribution in [0.5, 0.6) is 0 Å². The molecule has 1 aliphatic rings. The summed E-state index contributed by atoms with van der Waals surface area (Å²) in [4.78, 5) is 22.5. The Hall–Kier alpha value is -1.30. The number of carbonyl (C=O) groups excluding carboxylic acids is 2. The third-order valence-electron chi connectivity index (χ3n) is 3.53. The van der Waals surface area contributed by atoms with Gasteiger partial charge in [-0.05, 0) is 31.8 Å². The summed E-state index contributed by atoms with van der Waals surface area (Å²) in [5.41, 5.74) is 4.41. The van der Waals surface area contributed by atoms with Crippen LogP contribution in [-0.4, -0.2) is 38.2 Å². The SMILES string of the molecule is CC(C)(C(=O)NCCOC(N)=O)C1CCCNC1. The molecule has 1 unspecified atom stereocenters. The Morgan fingerprint density at radius 2 is 2.22 bits per heavy atom. The molecule has 0 aliphatic carbocycles. The molecule has 2 amide bonds. The monoisotopic (exact) mass is 257 g/mol. The van der Waals surface area contributed by atoms with E-state index in [0.29, 0.717) is 12.5 Å². The fourth-order valence-corrected chi connectivity index (χ4v) is 2.20. The van der Waals surface area contributed by atoms with E-state index < -0.39 is 11.5 Å². The smallest absolute Gasteiger partial charge is 0.404 e. The van der Waals surface area contributed by atoms with Crippen molar-refractivity contribution in [3.05, 3.63) is 0 Å². The second kappa shape index (κ2) is 6.58. The molecule has 1 aliphatic heterocycles. The van der Waals surface area contributed by atoms with E-state index in [-0.39, 0.29) is 12.5 Å². The molecule has 104 valence electrons. The summed E-state index contributed by atoms with van der Waals surface area (Å²) < 4.78 is 4.56. The van der Waals surface area contributed by atoms with Gasteiger partial charge in [0.05, 0.1) is 6.54 Å². The first kappa shape index (κ1) is 14.8. The molecule has 1 saturated heterocycles. The lowest BCUT2D eigenvalue weighted by molar-refractivity contribution is -0.132. The molecular weight excluding hydrogens is 234 g/mol. The minimum Gasteiger partial charge on any atom is -0.448 e. The number of amides is 2. The summed E-state index contributed by atoms with van der Waals surface area (Å²) in [6.45, 7) is 6.22. The van der Waals surface area contributed by atoms with Crippen molar-refractivity contribution in [1.82, 2.24) is 10.6 Å². The summed E-state index contributed by atoms with van der Waals surface area (Å²) in [7, 11) is 0. The zero-order chi connectivity index (χ0) is 13.6. The molecule has 1 atom stereocenters. The number of ether oxygens (including phenoxy) is 1. The lowest BCUT2D eigenvalue weighted by Crippen LogP contribution is -2.48. The molecule has 0 saturated carbocycles. The topological polar surface area (TPSA) is 93.4 Å². The highest BCUT2D eigenvalue weighted by atomic mass is 16.5. The molecule has 0 spiro atoms. The molecule has 1 fully saturated rings. The Kier molecular flexibility index (Phi) is 5.40. The highest BCUT2D eigenvalue weighted by molar-refractivity contribution is 5.82. The van der Waals surface area contributed by atoms with Gasteiger partial charge in [0.15, 0.2) is 0 Å². The van der Waals surface area contributed by atoms with Crippen LogP contribution in [0.3, 0.4) is 0 Å². The molecule has 1 rings (SSSR count). The maximum Gasteiger partial charge on any atom is 0.404 e. The van der Waals surface area contributed by atoms with Crippen LogP contribution in [0.1, 0.15) is 26.7 Å². The van der Waals surface area contributed by atoms with Crippen LogP contribution >= 0.6 is 0 Å². The van der Waals surface area contributed by atoms with Crippen LogP contribution in [0.4, 0.5) is 4.79 Å². The number of hydrogen-bond donors (Lipinski definition) is 3. The Morgan fingerprint density at radius 1 is 1.50 bits per heavy atom. The second-order valence-corrected chi connectivity index (χ2v) is 5.19. The van der Waals surface area contributed by atoms with Crippen LogP contribution in [0.25, 0.3) is 0 Å². The molecule has 1 heterocycles. The first-order chi connectivity index (χ1) is 8.44. The summed E-state index contributed by atoms with van der Waals surface area (Å²) in [6, 6.07) is 0. The third-order valence-corrected chi connectivity index (χ3v) is 3.53. The van der Waals surface area contributed by atoms with E-state index in [9.17, 15) is 9.59 Å². The van der Waals surface area contributed by atoms with Gasteiger partial charge in [-0.3, -0.25) is 4.79 Å². The van der Waals surface area contributed by atoms with Gasteiger partial charge < -0.3 is 21.1 Å². The van der Waals surface area contributed by atoms with Crippen molar-refractivity contribution >= 4 is 12.0 Å². The van der Waals surface area contributed by atoms with Gasteiger partial charge in [0.2, 0.25) is 5.91 Å². The van der Waals surface area contributed by atoms with E-state index in [2.05, 4.69) is 15.4 Å². The summed E-state index contributed by atoms with van der Waals surface area (Å²) in [5.74, 6) is 0.326. The Labute approximate surface area is 108 Å². The van der Waals surface area contributed by atoms with Crippen molar-refractivity contribution < 1.29 is 14.3 Å². The van der Waals surface area contributed by atoms with Gasteiger partial charge in [0, 0.05) is 5.41 Å². The molecule has 0 bridgehead atoms. The first-order valence-corrected chi connectivity index (χ1v) is 6.36. The van der Waals surface area contributed by atoms with Gasteiger partial charge in [-0.15, -0.1) is 0 Å². The van der Waals surface area contributed by atoms with Gasteiger partial charge in [-0.2, -0.15) is 0 Å². The van der Waals surface area contributed by atoms with Gasteiger partial charge >= 0.3 is 6.09 Å². The summed E-state index contributed by atoms with van der Waals surface area (Å²) in [6.07, 6.45) is 1.34. The van der Waals surface area contributed by atoms with Crippen molar-refractivity contribution in [2.24, 2.45) is 17.1 Å². The number of hydrogen-bond acceptors (Lipinski definition) is 4. The van der Waals surface area contributed by atoms with Crippen LogP contribution in [-0.2, 0) is 9.53 Å². The lowest BCUT2D eigenvalue weighted by Gasteiger charge is -2.36. The average Bonchev–Trinajstić information content (AvgIpc) is 2.35. The van der Waals surface area contributed by atoms with Crippen molar-refractivity contribution in [3.8, 4) is 0 Å².